The summed E-state index contributed by atoms with van der Waals surface area (Å²) in [6.45, 7) is 3.36. The zero-order chi connectivity index (χ0) is 13.3. The molecule has 18 heavy (non-hydrogen) atoms. The molecule has 98 valence electrons. The van der Waals surface area contributed by atoms with E-state index in [2.05, 4.69) is 22.5 Å². The third-order valence-electron chi connectivity index (χ3n) is 2.88. The Balaban J connectivity index is 2.47. The van der Waals surface area contributed by atoms with Gasteiger partial charge in [0.25, 0.3) is 5.56 Å². The molecule has 1 aromatic heterocycles. The van der Waals surface area contributed by atoms with E-state index in [1.165, 1.54) is 17.0 Å². The molecule has 1 aliphatic heterocycles. The molecule has 0 amide bonds. The van der Waals surface area contributed by atoms with Crippen molar-refractivity contribution in [2.45, 2.75) is 25.2 Å². The Bertz CT molecular complexity index is 577. The molecule has 0 spiro atoms. The van der Waals surface area contributed by atoms with Crippen LogP contribution < -0.4 is 11.2 Å². The molecule has 1 N–H and O–H groups in total. The molecule has 1 fully saturated rings. The van der Waals surface area contributed by atoms with Gasteiger partial charge >= 0.3 is 5.69 Å². The number of aromatic nitrogens is 2. The fraction of sp³-hybridized carbons (Fsp3) is 0.455. The van der Waals surface area contributed by atoms with Crippen molar-refractivity contribution in [1.29, 1.82) is 0 Å². The SMILES string of the molecule is C=Cn1c(=O)c(Br)cn([C@H]2CC[C@@H](CO)O2)c1=O. The molecule has 1 saturated heterocycles. The standard InChI is InChI=1S/C11H13BrN2O4/c1-2-13-10(16)8(12)5-14(11(13)17)9-4-3-7(6-15)18-9/h2,5,7,9,15H,1,3-4,6H2/t7-,9+/m0/s1. The molecule has 0 saturated carbocycles. The fourth-order valence-corrected chi connectivity index (χ4v) is 2.36. The van der Waals surface area contributed by atoms with E-state index in [0.717, 1.165) is 4.57 Å². The number of hydrogen-bond donors (Lipinski definition) is 1. The minimum absolute atomic E-state index is 0.0759. The van der Waals surface area contributed by atoms with Crippen LogP contribution >= 0.6 is 15.9 Å². The molecular weight excluding hydrogens is 304 g/mol. The first-order valence-electron chi connectivity index (χ1n) is 5.50. The van der Waals surface area contributed by atoms with E-state index in [0.29, 0.717) is 12.8 Å². The van der Waals surface area contributed by atoms with Crippen LogP contribution in [0.1, 0.15) is 19.1 Å². The van der Waals surface area contributed by atoms with Gasteiger partial charge in [0.1, 0.15) is 6.23 Å². The predicted molar refractivity (Wildman–Crippen MR) is 69.3 cm³/mol. The average Bonchev–Trinajstić information content (AvgIpc) is 2.83. The Kier molecular flexibility index (Phi) is 3.84. The molecule has 1 aliphatic rings. The largest absolute Gasteiger partial charge is 0.394 e. The van der Waals surface area contributed by atoms with Gasteiger partial charge in [0, 0.05) is 12.4 Å². The number of rotatable bonds is 3. The van der Waals surface area contributed by atoms with Crippen molar-refractivity contribution in [2.75, 3.05) is 6.61 Å². The highest BCUT2D eigenvalue weighted by molar-refractivity contribution is 9.10. The van der Waals surface area contributed by atoms with E-state index in [4.69, 9.17) is 9.84 Å². The minimum atomic E-state index is -0.498. The number of ether oxygens (including phenoxy) is 1. The molecule has 0 radical (unpaired) electrons. The van der Waals surface area contributed by atoms with Crippen LogP contribution in [-0.4, -0.2) is 27.0 Å². The summed E-state index contributed by atoms with van der Waals surface area (Å²) in [5.41, 5.74) is -0.954. The van der Waals surface area contributed by atoms with Crippen LogP contribution in [0, 0.1) is 0 Å². The van der Waals surface area contributed by atoms with Gasteiger partial charge in [-0.05, 0) is 28.8 Å². The van der Waals surface area contributed by atoms with E-state index in [1.807, 2.05) is 0 Å². The molecule has 0 aliphatic carbocycles. The van der Waals surface area contributed by atoms with Crippen molar-refractivity contribution in [3.63, 3.8) is 0 Å². The Morgan fingerprint density at radius 1 is 1.56 bits per heavy atom. The second-order valence-corrected chi connectivity index (χ2v) is 4.85. The number of halogens is 1. The van der Waals surface area contributed by atoms with E-state index >= 15 is 0 Å². The van der Waals surface area contributed by atoms with Crippen molar-refractivity contribution >= 4 is 22.1 Å². The minimum Gasteiger partial charge on any atom is -0.394 e. The van der Waals surface area contributed by atoms with Crippen molar-refractivity contribution in [1.82, 2.24) is 9.13 Å². The van der Waals surface area contributed by atoms with Gasteiger partial charge in [-0.15, -0.1) is 0 Å². The molecule has 0 aromatic carbocycles. The lowest BCUT2D eigenvalue weighted by Gasteiger charge is -2.16. The summed E-state index contributed by atoms with van der Waals surface area (Å²) in [6, 6.07) is 0. The van der Waals surface area contributed by atoms with Crippen LogP contribution in [-0.2, 0) is 4.74 Å². The van der Waals surface area contributed by atoms with Gasteiger partial charge in [0.2, 0.25) is 0 Å². The highest BCUT2D eigenvalue weighted by Crippen LogP contribution is 2.26. The molecule has 2 rings (SSSR count). The highest BCUT2D eigenvalue weighted by atomic mass is 79.9. The Hall–Kier alpha value is -1.18. The smallest absolute Gasteiger partial charge is 0.337 e. The number of hydrogen-bond acceptors (Lipinski definition) is 4. The summed E-state index contributed by atoms with van der Waals surface area (Å²) >= 11 is 3.11. The topological polar surface area (TPSA) is 73.5 Å². The van der Waals surface area contributed by atoms with Gasteiger partial charge in [-0.2, -0.15) is 0 Å². The van der Waals surface area contributed by atoms with Gasteiger partial charge in [0.05, 0.1) is 17.2 Å². The number of nitrogens with zero attached hydrogens (tertiary/aromatic N) is 2. The summed E-state index contributed by atoms with van der Waals surface area (Å²) in [4.78, 5) is 23.7. The van der Waals surface area contributed by atoms with Gasteiger partial charge in [-0.3, -0.25) is 9.36 Å². The van der Waals surface area contributed by atoms with E-state index in [-0.39, 0.29) is 17.2 Å². The van der Waals surface area contributed by atoms with Crippen molar-refractivity contribution in [3.8, 4) is 0 Å². The van der Waals surface area contributed by atoms with Gasteiger partial charge < -0.3 is 9.84 Å². The molecule has 1 aromatic rings. The molecule has 7 heteroatoms. The lowest BCUT2D eigenvalue weighted by molar-refractivity contribution is -0.0249. The molecule has 2 atom stereocenters. The Labute approximate surface area is 111 Å². The first kappa shape index (κ1) is 13.3. The maximum absolute atomic E-state index is 12.0. The molecule has 0 unspecified atom stereocenters. The van der Waals surface area contributed by atoms with Crippen LogP contribution in [0.4, 0.5) is 0 Å². The van der Waals surface area contributed by atoms with Crippen molar-refractivity contribution < 1.29 is 9.84 Å². The summed E-state index contributed by atoms with van der Waals surface area (Å²) in [5.74, 6) is 0. The van der Waals surface area contributed by atoms with Gasteiger partial charge in [0.15, 0.2) is 0 Å². The van der Waals surface area contributed by atoms with Gasteiger partial charge in [-0.25, -0.2) is 9.36 Å². The third kappa shape index (κ3) is 2.21. The average molecular weight is 317 g/mol. The van der Waals surface area contributed by atoms with Crippen LogP contribution in [0.5, 0.6) is 0 Å². The van der Waals surface area contributed by atoms with Crippen LogP contribution in [0.2, 0.25) is 0 Å². The molecule has 6 nitrogen and oxygen atoms in total. The predicted octanol–water partition coefficient (Wildman–Crippen LogP) is 0.543. The Morgan fingerprint density at radius 2 is 2.28 bits per heavy atom. The summed E-state index contributed by atoms with van der Waals surface area (Å²) in [7, 11) is 0. The molecular formula is C11H13BrN2O4. The third-order valence-corrected chi connectivity index (χ3v) is 3.43. The van der Waals surface area contributed by atoms with Crippen LogP contribution in [0.3, 0.4) is 0 Å². The highest BCUT2D eigenvalue weighted by Gasteiger charge is 2.27. The lowest BCUT2D eigenvalue weighted by Crippen LogP contribution is -2.39. The normalized spacial score (nSPS) is 23.2. The monoisotopic (exact) mass is 316 g/mol. The quantitative estimate of drug-likeness (QED) is 0.883. The fourth-order valence-electron chi connectivity index (χ4n) is 1.95. The zero-order valence-corrected chi connectivity index (χ0v) is 11.2. The summed E-state index contributed by atoms with van der Waals surface area (Å²) < 4.78 is 8.03. The Morgan fingerprint density at radius 3 is 2.83 bits per heavy atom. The summed E-state index contributed by atoms with van der Waals surface area (Å²) in [5, 5.41) is 9.01. The molecule has 2 heterocycles. The maximum Gasteiger partial charge on any atom is 0.337 e. The van der Waals surface area contributed by atoms with Crippen molar-refractivity contribution in [3.05, 3.63) is 38.1 Å². The second-order valence-electron chi connectivity index (χ2n) is 4.00. The first-order chi connectivity index (χ1) is 8.58. The van der Waals surface area contributed by atoms with E-state index in [1.54, 1.807) is 0 Å². The number of aliphatic hydroxyl groups is 1. The van der Waals surface area contributed by atoms with E-state index < -0.39 is 17.5 Å². The maximum atomic E-state index is 12.0. The van der Waals surface area contributed by atoms with Crippen molar-refractivity contribution in [2.24, 2.45) is 0 Å². The van der Waals surface area contributed by atoms with Crippen LogP contribution in [0.25, 0.3) is 6.20 Å². The number of aliphatic hydroxyl groups excluding tert-OH is 1. The van der Waals surface area contributed by atoms with Gasteiger partial charge in [-0.1, -0.05) is 6.58 Å². The molecule has 0 bridgehead atoms. The second kappa shape index (κ2) is 5.21. The lowest BCUT2D eigenvalue weighted by atomic mass is 10.2. The van der Waals surface area contributed by atoms with E-state index in [9.17, 15) is 9.59 Å². The van der Waals surface area contributed by atoms with Crippen LogP contribution in [0.15, 0.2) is 26.8 Å². The first-order valence-corrected chi connectivity index (χ1v) is 6.29. The zero-order valence-electron chi connectivity index (χ0n) is 9.58. The summed E-state index contributed by atoms with van der Waals surface area (Å²) in [6.07, 6.45) is 3.16.